The van der Waals surface area contributed by atoms with Gasteiger partial charge in [-0.25, -0.2) is 13.1 Å². The first-order chi connectivity index (χ1) is 7.04. The Morgan fingerprint density at radius 2 is 1.93 bits per heavy atom. The van der Waals surface area contributed by atoms with Gasteiger partial charge in [-0.15, -0.1) is 0 Å². The number of hydrogen-bond acceptors (Lipinski definition) is 3. The second-order valence-electron chi connectivity index (χ2n) is 4.52. The van der Waals surface area contributed by atoms with Crippen LogP contribution in [-0.2, 0) is 10.0 Å². The molecule has 0 atom stereocenters. The van der Waals surface area contributed by atoms with Crippen LogP contribution in [0.4, 0.5) is 0 Å². The van der Waals surface area contributed by atoms with Crippen molar-refractivity contribution in [3.05, 3.63) is 0 Å². The molecule has 0 saturated heterocycles. The Bertz CT molecular complexity index is 284. The van der Waals surface area contributed by atoms with Crippen LogP contribution in [0, 0.1) is 5.41 Å². The lowest BCUT2D eigenvalue weighted by Gasteiger charge is -2.15. The summed E-state index contributed by atoms with van der Waals surface area (Å²) >= 11 is 0. The predicted molar refractivity (Wildman–Crippen MR) is 62.3 cm³/mol. The molecule has 0 heterocycles. The third-order valence-corrected chi connectivity index (χ3v) is 4.35. The molecule has 0 spiro atoms. The molecule has 0 aliphatic heterocycles. The zero-order valence-electron chi connectivity index (χ0n) is 9.67. The summed E-state index contributed by atoms with van der Waals surface area (Å²) in [5, 5.41) is 3.12. The monoisotopic (exact) mass is 234 g/mol. The second kappa shape index (κ2) is 5.27. The van der Waals surface area contributed by atoms with Crippen molar-refractivity contribution in [2.24, 2.45) is 5.41 Å². The summed E-state index contributed by atoms with van der Waals surface area (Å²) in [7, 11) is -1.12. The Hall–Kier alpha value is -0.130. The second-order valence-corrected chi connectivity index (χ2v) is 6.45. The van der Waals surface area contributed by atoms with E-state index in [1.807, 2.05) is 14.0 Å². The number of nitrogens with one attached hydrogen (secondary N) is 2. The van der Waals surface area contributed by atoms with Crippen LogP contribution in [0.2, 0.25) is 0 Å². The van der Waals surface area contributed by atoms with E-state index in [1.165, 1.54) is 0 Å². The fraction of sp³-hybridized carbons (Fsp3) is 1.00. The molecule has 0 aromatic carbocycles. The maximum atomic E-state index is 11.5. The van der Waals surface area contributed by atoms with Gasteiger partial charge in [-0.3, -0.25) is 0 Å². The van der Waals surface area contributed by atoms with Gasteiger partial charge in [-0.1, -0.05) is 13.3 Å². The normalized spacial score (nSPS) is 19.1. The Morgan fingerprint density at radius 1 is 1.27 bits per heavy atom. The first kappa shape index (κ1) is 12.9. The largest absolute Gasteiger partial charge is 0.319 e. The van der Waals surface area contributed by atoms with Crippen LogP contribution >= 0.6 is 0 Å². The number of sulfonamides is 1. The van der Waals surface area contributed by atoms with Gasteiger partial charge in [0.1, 0.15) is 0 Å². The highest BCUT2D eigenvalue weighted by Crippen LogP contribution is 2.44. The molecule has 1 fully saturated rings. The third-order valence-electron chi connectivity index (χ3n) is 2.94. The molecule has 90 valence electrons. The van der Waals surface area contributed by atoms with Crippen LogP contribution in [0.3, 0.4) is 0 Å². The summed E-state index contributed by atoms with van der Waals surface area (Å²) in [5.41, 5.74) is 0.202. The lowest BCUT2D eigenvalue weighted by Crippen LogP contribution is -2.36. The summed E-state index contributed by atoms with van der Waals surface area (Å²) < 4.78 is 25.8. The van der Waals surface area contributed by atoms with Gasteiger partial charge in [0.2, 0.25) is 10.0 Å². The van der Waals surface area contributed by atoms with Gasteiger partial charge >= 0.3 is 0 Å². The van der Waals surface area contributed by atoms with Gasteiger partial charge in [-0.2, -0.15) is 0 Å². The molecular formula is C10H22N2O2S. The maximum absolute atomic E-state index is 11.5. The van der Waals surface area contributed by atoms with E-state index in [0.29, 0.717) is 6.54 Å². The van der Waals surface area contributed by atoms with Gasteiger partial charge in [0.15, 0.2) is 0 Å². The third kappa shape index (κ3) is 4.49. The van der Waals surface area contributed by atoms with Crippen LogP contribution in [0.5, 0.6) is 0 Å². The van der Waals surface area contributed by atoms with Crippen molar-refractivity contribution >= 4 is 10.0 Å². The molecule has 1 aliphatic carbocycles. The van der Waals surface area contributed by atoms with E-state index >= 15 is 0 Å². The Labute approximate surface area is 92.9 Å². The van der Waals surface area contributed by atoms with Gasteiger partial charge < -0.3 is 5.32 Å². The topological polar surface area (TPSA) is 58.2 Å². The molecule has 5 heteroatoms. The first-order valence-electron chi connectivity index (χ1n) is 5.65. The van der Waals surface area contributed by atoms with E-state index in [9.17, 15) is 8.42 Å². The summed E-state index contributed by atoms with van der Waals surface area (Å²) in [6.45, 7) is 3.50. The Morgan fingerprint density at radius 3 is 2.40 bits per heavy atom. The smallest absolute Gasteiger partial charge is 0.211 e. The van der Waals surface area contributed by atoms with Crippen LogP contribution in [0.25, 0.3) is 0 Å². The quantitative estimate of drug-likeness (QED) is 0.650. The fourth-order valence-electron chi connectivity index (χ4n) is 1.64. The molecule has 0 aromatic heterocycles. The van der Waals surface area contributed by atoms with Crippen LogP contribution < -0.4 is 10.0 Å². The number of unbranched alkanes of at least 4 members (excludes halogenated alkanes) is 1. The van der Waals surface area contributed by atoms with E-state index in [-0.39, 0.29) is 11.2 Å². The van der Waals surface area contributed by atoms with Crippen molar-refractivity contribution in [3.8, 4) is 0 Å². The predicted octanol–water partition coefficient (Wildman–Crippen LogP) is 0.706. The summed E-state index contributed by atoms with van der Waals surface area (Å²) in [6.07, 6.45) is 3.92. The van der Waals surface area contributed by atoms with E-state index < -0.39 is 10.0 Å². The van der Waals surface area contributed by atoms with E-state index in [1.54, 1.807) is 0 Å². The van der Waals surface area contributed by atoms with Crippen molar-refractivity contribution in [1.29, 1.82) is 0 Å². The summed E-state index contributed by atoms with van der Waals surface area (Å²) in [4.78, 5) is 0. The van der Waals surface area contributed by atoms with E-state index in [4.69, 9.17) is 0 Å². The molecule has 0 radical (unpaired) electrons. The van der Waals surface area contributed by atoms with Crippen molar-refractivity contribution in [2.75, 3.05) is 25.9 Å². The zero-order valence-corrected chi connectivity index (χ0v) is 10.5. The van der Waals surface area contributed by atoms with Crippen molar-refractivity contribution < 1.29 is 8.42 Å². The minimum atomic E-state index is -3.03. The summed E-state index contributed by atoms with van der Waals surface area (Å²) in [6, 6.07) is 0. The van der Waals surface area contributed by atoms with Crippen molar-refractivity contribution in [1.82, 2.24) is 10.0 Å². The Balaban J connectivity index is 2.30. The van der Waals surface area contributed by atoms with Crippen LogP contribution in [-0.4, -0.2) is 34.3 Å². The molecule has 0 aromatic rings. The molecule has 0 unspecified atom stereocenters. The van der Waals surface area contributed by atoms with Crippen molar-refractivity contribution in [3.63, 3.8) is 0 Å². The molecule has 4 nitrogen and oxygen atoms in total. The Kier molecular flexibility index (Phi) is 4.55. The minimum Gasteiger partial charge on any atom is -0.319 e. The molecule has 1 saturated carbocycles. The van der Waals surface area contributed by atoms with Gasteiger partial charge in [0, 0.05) is 13.1 Å². The SMILES string of the molecule is CCCCS(=O)(=O)NCC1(CNC)CC1. The molecule has 0 bridgehead atoms. The lowest BCUT2D eigenvalue weighted by atomic mass is 10.1. The highest BCUT2D eigenvalue weighted by Gasteiger charge is 2.42. The van der Waals surface area contributed by atoms with E-state index in [0.717, 1.165) is 32.2 Å². The average molecular weight is 234 g/mol. The highest BCUT2D eigenvalue weighted by atomic mass is 32.2. The molecule has 1 rings (SSSR count). The minimum absolute atomic E-state index is 0.202. The van der Waals surface area contributed by atoms with Gasteiger partial charge in [-0.05, 0) is 31.7 Å². The summed E-state index contributed by atoms with van der Waals surface area (Å²) in [5.74, 6) is 0.263. The van der Waals surface area contributed by atoms with Gasteiger partial charge in [0.25, 0.3) is 0 Å². The van der Waals surface area contributed by atoms with Crippen LogP contribution in [0.15, 0.2) is 0 Å². The highest BCUT2D eigenvalue weighted by molar-refractivity contribution is 7.89. The zero-order chi connectivity index (χ0) is 11.4. The molecule has 1 aliphatic rings. The van der Waals surface area contributed by atoms with Crippen LogP contribution in [0.1, 0.15) is 32.6 Å². The average Bonchev–Trinajstić information content (AvgIpc) is 2.94. The van der Waals surface area contributed by atoms with Crippen molar-refractivity contribution in [2.45, 2.75) is 32.6 Å². The molecule has 15 heavy (non-hydrogen) atoms. The first-order valence-corrected chi connectivity index (χ1v) is 7.31. The standard InChI is InChI=1S/C10H22N2O2S/c1-3-4-7-15(13,14)12-9-10(5-6-10)8-11-2/h11-12H,3-9H2,1-2H3. The van der Waals surface area contributed by atoms with Gasteiger partial charge in [0.05, 0.1) is 5.75 Å². The number of rotatable bonds is 8. The number of hydrogen-bond donors (Lipinski definition) is 2. The lowest BCUT2D eigenvalue weighted by molar-refractivity contribution is 0.467. The molecular weight excluding hydrogens is 212 g/mol. The maximum Gasteiger partial charge on any atom is 0.211 e. The van der Waals surface area contributed by atoms with E-state index in [2.05, 4.69) is 10.0 Å². The molecule has 2 N–H and O–H groups in total. The fourth-order valence-corrected chi connectivity index (χ4v) is 2.98. The molecule has 0 amide bonds.